The molecule has 0 radical (unpaired) electrons. The van der Waals surface area contributed by atoms with E-state index in [0.717, 1.165) is 22.7 Å². The Bertz CT molecular complexity index is 774. The largest absolute Gasteiger partial charge is 0.257 e. The maximum Gasteiger partial charge on any atom is 0.116 e. The first-order valence-corrected chi connectivity index (χ1v) is 8.12. The molecule has 2 aromatic rings. The molecule has 3 heteroatoms. The van der Waals surface area contributed by atoms with Crippen molar-refractivity contribution in [1.29, 1.82) is 0 Å². The zero-order valence-corrected chi connectivity index (χ0v) is 13.6. The van der Waals surface area contributed by atoms with Crippen LogP contribution in [0.3, 0.4) is 0 Å². The van der Waals surface area contributed by atoms with E-state index in [1.807, 2.05) is 42.8 Å². The first-order chi connectivity index (χ1) is 10.7. The highest BCUT2D eigenvalue weighted by Gasteiger charge is 2.01. The van der Waals surface area contributed by atoms with Gasteiger partial charge in [-0.25, -0.2) is 4.99 Å². The zero-order chi connectivity index (χ0) is 15.4. The van der Waals surface area contributed by atoms with Crippen LogP contribution in [0.25, 0.3) is 0 Å². The third kappa shape index (κ3) is 3.89. The molecule has 1 aliphatic carbocycles. The summed E-state index contributed by atoms with van der Waals surface area (Å²) in [5, 5.41) is 1.04. The molecule has 0 unspecified atom stereocenters. The molecule has 0 saturated heterocycles. The van der Waals surface area contributed by atoms with Crippen LogP contribution < -0.4 is 0 Å². The number of hydrogen-bond donors (Lipinski definition) is 0. The summed E-state index contributed by atoms with van der Waals surface area (Å²) >= 11 is 1.70. The third-order valence-electron chi connectivity index (χ3n) is 3.40. The molecule has 3 rings (SSSR count). The van der Waals surface area contributed by atoms with Crippen LogP contribution in [0.1, 0.15) is 23.8 Å². The molecular formula is C19H18N2S. The Kier molecular flexibility index (Phi) is 4.45. The SMILES string of the molecule is CC1=CC=C(C=Nc2ccc(C=Nc3ccc(C)s3)cc2)C1. The van der Waals surface area contributed by atoms with Crippen molar-refractivity contribution < 1.29 is 0 Å². The van der Waals surface area contributed by atoms with Crippen molar-refractivity contribution in [3.05, 3.63) is 70.1 Å². The highest BCUT2D eigenvalue weighted by molar-refractivity contribution is 7.15. The Labute approximate surface area is 135 Å². The van der Waals surface area contributed by atoms with E-state index in [-0.39, 0.29) is 0 Å². The number of nitrogens with zero attached hydrogens (tertiary/aromatic N) is 2. The topological polar surface area (TPSA) is 24.7 Å². The molecule has 1 aromatic carbocycles. The van der Waals surface area contributed by atoms with Gasteiger partial charge in [0.1, 0.15) is 5.00 Å². The number of rotatable bonds is 4. The Morgan fingerprint density at radius 3 is 2.36 bits per heavy atom. The van der Waals surface area contributed by atoms with Gasteiger partial charge in [0.05, 0.1) is 5.69 Å². The molecule has 1 aliphatic rings. The fourth-order valence-electron chi connectivity index (χ4n) is 2.21. The quantitative estimate of drug-likeness (QED) is 0.639. The zero-order valence-electron chi connectivity index (χ0n) is 12.8. The summed E-state index contributed by atoms with van der Waals surface area (Å²) in [7, 11) is 0. The third-order valence-corrected chi connectivity index (χ3v) is 4.31. The standard InChI is InChI=1S/C19H18N2S/c1-14-3-5-17(11-14)13-20-18-8-6-16(7-9-18)12-21-19-10-4-15(2)22-19/h3-10,12-13H,11H2,1-2H3. The number of benzene rings is 1. The molecular weight excluding hydrogens is 288 g/mol. The summed E-state index contributed by atoms with van der Waals surface area (Å²) in [6.07, 6.45) is 9.13. The van der Waals surface area contributed by atoms with E-state index in [1.54, 1.807) is 11.3 Å². The first-order valence-electron chi connectivity index (χ1n) is 7.30. The molecule has 1 aromatic heterocycles. The number of allylic oxidation sites excluding steroid dienone is 4. The highest BCUT2D eigenvalue weighted by Crippen LogP contribution is 2.24. The van der Waals surface area contributed by atoms with Gasteiger partial charge in [-0.1, -0.05) is 29.9 Å². The van der Waals surface area contributed by atoms with Crippen LogP contribution in [0.4, 0.5) is 10.7 Å². The summed E-state index contributed by atoms with van der Waals surface area (Å²) in [6.45, 7) is 4.23. The smallest absolute Gasteiger partial charge is 0.116 e. The van der Waals surface area contributed by atoms with Gasteiger partial charge < -0.3 is 0 Å². The lowest BCUT2D eigenvalue weighted by atomic mass is 10.2. The van der Waals surface area contributed by atoms with E-state index >= 15 is 0 Å². The summed E-state index contributed by atoms with van der Waals surface area (Å²) in [4.78, 5) is 10.3. The lowest BCUT2D eigenvalue weighted by molar-refractivity contribution is 1.22. The molecule has 110 valence electrons. The van der Waals surface area contributed by atoms with Crippen molar-refractivity contribution in [1.82, 2.24) is 0 Å². The molecule has 0 spiro atoms. The second-order valence-electron chi connectivity index (χ2n) is 5.42. The fraction of sp³-hybridized carbons (Fsp3) is 0.158. The lowest BCUT2D eigenvalue weighted by Gasteiger charge is -1.97. The van der Waals surface area contributed by atoms with Gasteiger partial charge in [0.25, 0.3) is 0 Å². The van der Waals surface area contributed by atoms with Crippen LogP contribution >= 0.6 is 11.3 Å². The van der Waals surface area contributed by atoms with Crippen molar-refractivity contribution in [2.75, 3.05) is 0 Å². The number of aliphatic imine (C=N–C) groups is 2. The summed E-state index contributed by atoms with van der Waals surface area (Å²) < 4.78 is 0. The fourth-order valence-corrected chi connectivity index (χ4v) is 2.92. The molecule has 0 amide bonds. The Hall–Kier alpha value is -2.26. The van der Waals surface area contributed by atoms with Crippen molar-refractivity contribution in [3.8, 4) is 0 Å². The molecule has 0 aliphatic heterocycles. The van der Waals surface area contributed by atoms with Crippen molar-refractivity contribution in [2.45, 2.75) is 20.3 Å². The van der Waals surface area contributed by atoms with E-state index in [0.29, 0.717) is 0 Å². The Balaban J connectivity index is 1.63. The Morgan fingerprint density at radius 2 is 1.73 bits per heavy atom. The first kappa shape index (κ1) is 14.7. The molecule has 0 fully saturated rings. The van der Waals surface area contributed by atoms with E-state index < -0.39 is 0 Å². The van der Waals surface area contributed by atoms with Crippen LogP contribution in [0.15, 0.2) is 69.7 Å². The van der Waals surface area contributed by atoms with Gasteiger partial charge in [0, 0.05) is 17.3 Å². The molecule has 0 saturated carbocycles. The van der Waals surface area contributed by atoms with Gasteiger partial charge in [-0.3, -0.25) is 4.99 Å². The second-order valence-corrected chi connectivity index (χ2v) is 6.69. The number of aryl methyl sites for hydroxylation is 1. The number of thiophene rings is 1. The molecule has 1 heterocycles. The van der Waals surface area contributed by atoms with E-state index in [4.69, 9.17) is 0 Å². The lowest BCUT2D eigenvalue weighted by Crippen LogP contribution is -1.82. The minimum absolute atomic E-state index is 0.967. The molecule has 0 bridgehead atoms. The maximum absolute atomic E-state index is 4.52. The van der Waals surface area contributed by atoms with Gasteiger partial charge in [0.15, 0.2) is 0 Å². The molecule has 22 heavy (non-hydrogen) atoms. The van der Waals surface area contributed by atoms with Crippen LogP contribution in [0.5, 0.6) is 0 Å². The minimum Gasteiger partial charge on any atom is -0.257 e. The van der Waals surface area contributed by atoms with Gasteiger partial charge in [-0.05, 0) is 55.7 Å². The monoisotopic (exact) mass is 306 g/mol. The number of hydrogen-bond acceptors (Lipinski definition) is 3. The van der Waals surface area contributed by atoms with Gasteiger partial charge in [0.2, 0.25) is 0 Å². The summed E-state index contributed by atoms with van der Waals surface area (Å²) in [5.74, 6) is 0. The highest BCUT2D eigenvalue weighted by atomic mass is 32.1. The average molecular weight is 306 g/mol. The van der Waals surface area contributed by atoms with Crippen molar-refractivity contribution in [2.24, 2.45) is 9.98 Å². The summed E-state index contributed by atoms with van der Waals surface area (Å²) in [6, 6.07) is 12.3. The van der Waals surface area contributed by atoms with Crippen LogP contribution in [-0.4, -0.2) is 12.4 Å². The van der Waals surface area contributed by atoms with E-state index in [1.165, 1.54) is 16.0 Å². The van der Waals surface area contributed by atoms with Gasteiger partial charge >= 0.3 is 0 Å². The van der Waals surface area contributed by atoms with Gasteiger partial charge in [-0.15, -0.1) is 11.3 Å². The molecule has 0 atom stereocenters. The van der Waals surface area contributed by atoms with Crippen LogP contribution in [-0.2, 0) is 0 Å². The van der Waals surface area contributed by atoms with Crippen molar-refractivity contribution >= 4 is 34.5 Å². The maximum atomic E-state index is 4.52. The van der Waals surface area contributed by atoms with E-state index in [9.17, 15) is 0 Å². The minimum atomic E-state index is 0.967. The average Bonchev–Trinajstić information content (AvgIpc) is 3.12. The predicted octanol–water partition coefficient (Wildman–Crippen LogP) is 5.79. The molecule has 2 nitrogen and oxygen atoms in total. The second kappa shape index (κ2) is 6.67. The van der Waals surface area contributed by atoms with Crippen LogP contribution in [0, 0.1) is 6.92 Å². The van der Waals surface area contributed by atoms with Crippen LogP contribution in [0.2, 0.25) is 0 Å². The predicted molar refractivity (Wildman–Crippen MR) is 97.4 cm³/mol. The Morgan fingerprint density at radius 1 is 0.909 bits per heavy atom. The normalized spacial score (nSPS) is 14.8. The van der Waals surface area contributed by atoms with Gasteiger partial charge in [-0.2, -0.15) is 0 Å². The summed E-state index contributed by atoms with van der Waals surface area (Å²) in [5.41, 5.74) is 4.70. The van der Waals surface area contributed by atoms with E-state index in [2.05, 4.69) is 42.1 Å². The van der Waals surface area contributed by atoms with Crippen molar-refractivity contribution in [3.63, 3.8) is 0 Å². The molecule has 0 N–H and O–H groups in total.